The first-order valence-corrected chi connectivity index (χ1v) is 6.37. The van der Waals surface area contributed by atoms with Crippen LogP contribution in [0.25, 0.3) is 6.08 Å². The Morgan fingerprint density at radius 2 is 1.75 bits per heavy atom. The van der Waals surface area contributed by atoms with Gasteiger partial charge < -0.3 is 9.47 Å². The third-order valence-electron chi connectivity index (χ3n) is 2.37. The van der Waals surface area contributed by atoms with E-state index in [0.29, 0.717) is 0 Å². The van der Waals surface area contributed by atoms with E-state index in [4.69, 9.17) is 4.74 Å². The number of carbonyl (C=O) groups excluding carboxylic acids is 2. The van der Waals surface area contributed by atoms with Gasteiger partial charge in [-0.25, -0.2) is 4.79 Å². The van der Waals surface area contributed by atoms with Crippen molar-refractivity contribution < 1.29 is 19.1 Å². The van der Waals surface area contributed by atoms with E-state index in [1.807, 2.05) is 45.0 Å². The van der Waals surface area contributed by atoms with Gasteiger partial charge in [-0.05, 0) is 38.0 Å². The van der Waals surface area contributed by atoms with Gasteiger partial charge >= 0.3 is 11.9 Å². The normalized spacial score (nSPS) is 11.4. The van der Waals surface area contributed by atoms with Crippen molar-refractivity contribution in [2.45, 2.75) is 32.8 Å². The largest absolute Gasteiger partial charge is 0.469 e. The molecule has 1 aromatic carbocycles. The van der Waals surface area contributed by atoms with E-state index in [1.54, 1.807) is 6.08 Å². The summed E-state index contributed by atoms with van der Waals surface area (Å²) in [5.74, 6) is -0.654. The first-order chi connectivity index (χ1) is 9.30. The Kier molecular flexibility index (Phi) is 5.50. The topological polar surface area (TPSA) is 52.6 Å². The summed E-state index contributed by atoms with van der Waals surface area (Å²) in [6.45, 7) is 5.46. The Hall–Kier alpha value is -2.10. The van der Waals surface area contributed by atoms with E-state index in [9.17, 15) is 9.59 Å². The van der Waals surface area contributed by atoms with E-state index < -0.39 is 5.60 Å². The van der Waals surface area contributed by atoms with Gasteiger partial charge in [-0.15, -0.1) is 0 Å². The molecule has 0 radical (unpaired) electrons. The lowest BCUT2D eigenvalue weighted by Gasteiger charge is -2.17. The molecule has 0 spiro atoms. The van der Waals surface area contributed by atoms with E-state index in [1.165, 1.54) is 13.2 Å². The van der Waals surface area contributed by atoms with Crippen molar-refractivity contribution >= 4 is 18.0 Å². The van der Waals surface area contributed by atoms with E-state index >= 15 is 0 Å². The summed E-state index contributed by atoms with van der Waals surface area (Å²) in [6.07, 6.45) is 3.31. The number of hydrogen-bond donors (Lipinski definition) is 0. The highest BCUT2D eigenvalue weighted by Gasteiger charge is 2.13. The first-order valence-electron chi connectivity index (χ1n) is 6.37. The molecule has 0 aliphatic heterocycles. The lowest BCUT2D eigenvalue weighted by atomic mass is 10.1. The van der Waals surface area contributed by atoms with Gasteiger partial charge in [0.15, 0.2) is 0 Å². The van der Waals surface area contributed by atoms with E-state index in [2.05, 4.69) is 4.74 Å². The second kappa shape index (κ2) is 6.89. The Morgan fingerprint density at radius 3 is 2.25 bits per heavy atom. The van der Waals surface area contributed by atoms with Crippen LogP contribution in [0.2, 0.25) is 0 Å². The molecular weight excluding hydrogens is 256 g/mol. The maximum Gasteiger partial charge on any atom is 0.331 e. The Morgan fingerprint density at radius 1 is 1.15 bits per heavy atom. The van der Waals surface area contributed by atoms with Crippen molar-refractivity contribution in [3.8, 4) is 0 Å². The molecule has 0 aromatic heterocycles. The number of carbonyl (C=O) groups is 2. The molecule has 0 N–H and O–H groups in total. The molecule has 0 atom stereocenters. The van der Waals surface area contributed by atoms with Crippen LogP contribution < -0.4 is 0 Å². The maximum absolute atomic E-state index is 11.5. The molecule has 0 unspecified atom stereocenters. The fourth-order valence-corrected chi connectivity index (χ4v) is 1.49. The van der Waals surface area contributed by atoms with Gasteiger partial charge in [0.2, 0.25) is 0 Å². The Balaban J connectivity index is 2.61. The van der Waals surface area contributed by atoms with Crippen LogP contribution in [0.4, 0.5) is 0 Å². The Labute approximate surface area is 119 Å². The molecule has 1 aromatic rings. The van der Waals surface area contributed by atoms with Crippen molar-refractivity contribution in [1.29, 1.82) is 0 Å². The SMILES string of the molecule is COC(=O)Cc1ccc(C=CC(=O)OC(C)(C)C)cc1. The van der Waals surface area contributed by atoms with Gasteiger partial charge in [0.05, 0.1) is 13.5 Å². The highest BCUT2D eigenvalue weighted by Crippen LogP contribution is 2.10. The van der Waals surface area contributed by atoms with Gasteiger partial charge in [0, 0.05) is 6.08 Å². The minimum absolute atomic E-state index is 0.243. The van der Waals surface area contributed by atoms with Crippen LogP contribution in [-0.4, -0.2) is 24.6 Å². The summed E-state index contributed by atoms with van der Waals surface area (Å²) in [5, 5.41) is 0. The summed E-state index contributed by atoms with van der Waals surface area (Å²) < 4.78 is 9.76. The number of ether oxygens (including phenoxy) is 2. The summed E-state index contributed by atoms with van der Waals surface area (Å²) in [6, 6.07) is 7.32. The van der Waals surface area contributed by atoms with Crippen molar-refractivity contribution in [3.05, 3.63) is 41.5 Å². The maximum atomic E-state index is 11.5. The molecule has 0 aliphatic carbocycles. The zero-order valence-corrected chi connectivity index (χ0v) is 12.3. The molecule has 4 nitrogen and oxygen atoms in total. The predicted molar refractivity (Wildman–Crippen MR) is 77.0 cm³/mol. The van der Waals surface area contributed by atoms with Crippen molar-refractivity contribution in [1.82, 2.24) is 0 Å². The molecule has 0 saturated heterocycles. The van der Waals surface area contributed by atoms with Crippen LogP contribution in [0.1, 0.15) is 31.9 Å². The van der Waals surface area contributed by atoms with Crippen LogP contribution >= 0.6 is 0 Å². The Bertz CT molecular complexity index is 492. The average molecular weight is 276 g/mol. The van der Waals surface area contributed by atoms with Crippen LogP contribution in [0.3, 0.4) is 0 Å². The summed E-state index contributed by atoms with van der Waals surface area (Å²) >= 11 is 0. The lowest BCUT2D eigenvalue weighted by molar-refractivity contribution is -0.148. The quantitative estimate of drug-likeness (QED) is 0.627. The van der Waals surface area contributed by atoms with E-state index in [-0.39, 0.29) is 18.4 Å². The second-order valence-electron chi connectivity index (χ2n) is 5.36. The number of hydrogen-bond acceptors (Lipinski definition) is 4. The monoisotopic (exact) mass is 276 g/mol. The predicted octanol–water partition coefficient (Wildman–Crippen LogP) is 2.76. The van der Waals surface area contributed by atoms with Crippen molar-refractivity contribution in [2.75, 3.05) is 7.11 Å². The second-order valence-corrected chi connectivity index (χ2v) is 5.36. The van der Waals surface area contributed by atoms with Gasteiger partial charge in [-0.2, -0.15) is 0 Å². The average Bonchev–Trinajstić information content (AvgIpc) is 2.36. The van der Waals surface area contributed by atoms with Crippen LogP contribution in [0.15, 0.2) is 30.3 Å². The van der Waals surface area contributed by atoms with Crippen molar-refractivity contribution in [3.63, 3.8) is 0 Å². The van der Waals surface area contributed by atoms with Gasteiger partial charge in [0.1, 0.15) is 5.60 Å². The molecule has 4 heteroatoms. The summed E-state index contributed by atoms with van der Waals surface area (Å²) in [4.78, 5) is 22.6. The zero-order chi connectivity index (χ0) is 15.2. The first kappa shape index (κ1) is 16.0. The lowest BCUT2D eigenvalue weighted by Crippen LogP contribution is -2.22. The molecule has 0 aliphatic rings. The van der Waals surface area contributed by atoms with Crippen molar-refractivity contribution in [2.24, 2.45) is 0 Å². The van der Waals surface area contributed by atoms with Crippen LogP contribution in [0, 0.1) is 0 Å². The third-order valence-corrected chi connectivity index (χ3v) is 2.37. The smallest absolute Gasteiger partial charge is 0.331 e. The van der Waals surface area contributed by atoms with Gasteiger partial charge in [-0.3, -0.25) is 4.79 Å². The molecule has 0 saturated carbocycles. The van der Waals surface area contributed by atoms with Crippen LogP contribution in [-0.2, 0) is 25.5 Å². The van der Waals surface area contributed by atoms with Gasteiger partial charge in [-0.1, -0.05) is 24.3 Å². The number of esters is 2. The highest BCUT2D eigenvalue weighted by molar-refractivity contribution is 5.87. The minimum Gasteiger partial charge on any atom is -0.469 e. The fraction of sp³-hybridized carbons (Fsp3) is 0.375. The third kappa shape index (κ3) is 6.18. The standard InChI is InChI=1S/C16H20O4/c1-16(2,3)20-14(17)10-9-12-5-7-13(8-6-12)11-15(18)19-4/h5-10H,11H2,1-4H3. The molecule has 1 rings (SSSR count). The number of benzene rings is 1. The molecular formula is C16H20O4. The fourth-order valence-electron chi connectivity index (χ4n) is 1.49. The molecule has 0 fully saturated rings. The summed E-state index contributed by atoms with van der Waals surface area (Å²) in [5.41, 5.74) is 1.24. The summed E-state index contributed by atoms with van der Waals surface area (Å²) in [7, 11) is 1.36. The highest BCUT2D eigenvalue weighted by atomic mass is 16.6. The van der Waals surface area contributed by atoms with Gasteiger partial charge in [0.25, 0.3) is 0 Å². The molecule has 0 heterocycles. The molecule has 108 valence electrons. The van der Waals surface area contributed by atoms with E-state index in [0.717, 1.165) is 11.1 Å². The molecule has 0 bridgehead atoms. The minimum atomic E-state index is -0.494. The number of methoxy groups -OCH3 is 1. The molecule has 20 heavy (non-hydrogen) atoms. The zero-order valence-electron chi connectivity index (χ0n) is 12.3. The van der Waals surface area contributed by atoms with Crippen LogP contribution in [0.5, 0.6) is 0 Å². The number of rotatable bonds is 4. The molecule has 0 amide bonds.